The third-order valence-corrected chi connectivity index (χ3v) is 5.14. The van der Waals surface area contributed by atoms with Gasteiger partial charge >= 0.3 is 12.1 Å². The van der Waals surface area contributed by atoms with Gasteiger partial charge in [-0.3, -0.25) is 4.79 Å². The number of hydrogen-bond acceptors (Lipinski definition) is 4. The minimum Gasteiger partial charge on any atom is -0.481 e. The van der Waals surface area contributed by atoms with Crippen molar-refractivity contribution >= 4 is 12.1 Å². The summed E-state index contributed by atoms with van der Waals surface area (Å²) in [7, 11) is 0. The third kappa shape index (κ3) is 4.17. The summed E-state index contributed by atoms with van der Waals surface area (Å²) in [5.74, 6) is -1.32. The van der Waals surface area contributed by atoms with E-state index in [9.17, 15) is 14.7 Å². The summed E-state index contributed by atoms with van der Waals surface area (Å²) in [6.07, 6.45) is -2.28. The van der Waals surface area contributed by atoms with Crippen molar-refractivity contribution in [1.82, 2.24) is 5.32 Å². The fourth-order valence-electron chi connectivity index (χ4n) is 3.79. The van der Waals surface area contributed by atoms with Crippen molar-refractivity contribution in [1.29, 1.82) is 0 Å². The molecule has 0 heterocycles. The lowest BCUT2D eigenvalue weighted by molar-refractivity contribution is -0.139. The quantitative estimate of drug-likeness (QED) is 0.681. The van der Waals surface area contributed by atoms with E-state index in [0.29, 0.717) is 0 Å². The summed E-state index contributed by atoms with van der Waals surface area (Å²) in [5, 5.41) is 21.6. The van der Waals surface area contributed by atoms with Gasteiger partial charge in [-0.1, -0.05) is 62.4 Å². The molecule has 3 N–H and O–H groups in total. The SMILES string of the molecule is CC(C)[C@@H](NC(=O)OCC1c2ccccc2-c2ccccc21)[C@@H](O)CC(=O)O. The smallest absolute Gasteiger partial charge is 0.407 e. The molecule has 0 saturated heterocycles. The average Bonchev–Trinajstić information content (AvgIpc) is 2.97. The van der Waals surface area contributed by atoms with Crippen molar-refractivity contribution in [2.75, 3.05) is 6.61 Å². The molecule has 0 bridgehead atoms. The number of carbonyl (C=O) groups excluding carboxylic acids is 1. The largest absolute Gasteiger partial charge is 0.481 e. The molecule has 0 fully saturated rings. The van der Waals surface area contributed by atoms with Gasteiger partial charge < -0.3 is 20.3 Å². The maximum absolute atomic E-state index is 12.3. The number of fused-ring (bicyclic) bond motifs is 3. The van der Waals surface area contributed by atoms with Crippen LogP contribution in [0.15, 0.2) is 48.5 Å². The van der Waals surface area contributed by atoms with Gasteiger partial charge in [-0.05, 0) is 28.2 Å². The highest BCUT2D eigenvalue weighted by Gasteiger charge is 2.30. The van der Waals surface area contributed by atoms with Gasteiger partial charge in [-0.25, -0.2) is 4.79 Å². The number of aliphatic hydroxyl groups excluding tert-OH is 1. The maximum atomic E-state index is 12.3. The Bertz CT molecular complexity index is 818. The Kier molecular flexibility index (Phi) is 5.99. The fourth-order valence-corrected chi connectivity index (χ4v) is 3.79. The average molecular weight is 383 g/mol. The van der Waals surface area contributed by atoms with Gasteiger partial charge in [0.05, 0.1) is 18.6 Å². The number of amides is 1. The summed E-state index contributed by atoms with van der Waals surface area (Å²) < 4.78 is 5.47. The van der Waals surface area contributed by atoms with Crippen LogP contribution in [-0.4, -0.2) is 41.0 Å². The van der Waals surface area contributed by atoms with E-state index in [1.807, 2.05) is 36.4 Å². The van der Waals surface area contributed by atoms with Gasteiger partial charge in [0.25, 0.3) is 0 Å². The maximum Gasteiger partial charge on any atom is 0.407 e. The number of aliphatic hydroxyl groups is 1. The second-order valence-corrected chi connectivity index (χ2v) is 7.40. The number of aliphatic carboxylic acids is 1. The number of carbonyl (C=O) groups is 2. The molecule has 1 aliphatic rings. The lowest BCUT2D eigenvalue weighted by atomic mass is 9.96. The number of rotatable bonds is 7. The molecule has 1 amide bonds. The summed E-state index contributed by atoms with van der Waals surface area (Å²) in [5.41, 5.74) is 4.51. The highest BCUT2D eigenvalue weighted by Crippen LogP contribution is 2.44. The number of ether oxygens (including phenoxy) is 1. The molecule has 0 aromatic heterocycles. The zero-order chi connectivity index (χ0) is 20.3. The van der Waals surface area contributed by atoms with Gasteiger partial charge in [0, 0.05) is 5.92 Å². The van der Waals surface area contributed by atoms with Crippen LogP contribution >= 0.6 is 0 Å². The highest BCUT2D eigenvalue weighted by atomic mass is 16.5. The van der Waals surface area contributed by atoms with Gasteiger partial charge in [0.1, 0.15) is 6.61 Å². The topological polar surface area (TPSA) is 95.9 Å². The van der Waals surface area contributed by atoms with Crippen molar-refractivity contribution < 1.29 is 24.5 Å². The molecule has 3 rings (SSSR count). The van der Waals surface area contributed by atoms with E-state index in [1.165, 1.54) is 0 Å². The van der Waals surface area contributed by atoms with E-state index in [-0.39, 0.29) is 18.4 Å². The molecule has 0 aliphatic heterocycles. The van der Waals surface area contributed by atoms with E-state index in [0.717, 1.165) is 22.3 Å². The van der Waals surface area contributed by atoms with Crippen LogP contribution in [0.1, 0.15) is 37.3 Å². The van der Waals surface area contributed by atoms with Gasteiger partial charge in [0.2, 0.25) is 0 Å². The van der Waals surface area contributed by atoms with Crippen LogP contribution in [-0.2, 0) is 9.53 Å². The third-order valence-electron chi connectivity index (χ3n) is 5.14. The molecule has 1 aliphatic carbocycles. The van der Waals surface area contributed by atoms with Gasteiger partial charge in [-0.15, -0.1) is 0 Å². The van der Waals surface area contributed by atoms with Crippen LogP contribution in [0.4, 0.5) is 4.79 Å². The number of benzene rings is 2. The van der Waals surface area contributed by atoms with Gasteiger partial charge in [0.15, 0.2) is 0 Å². The Hall–Kier alpha value is -2.86. The summed E-state index contributed by atoms with van der Waals surface area (Å²) in [4.78, 5) is 23.2. The Morgan fingerprint density at radius 3 is 2.07 bits per heavy atom. The predicted molar refractivity (Wildman–Crippen MR) is 105 cm³/mol. The molecule has 2 aromatic carbocycles. The van der Waals surface area contributed by atoms with E-state index >= 15 is 0 Å². The molecule has 0 unspecified atom stereocenters. The van der Waals surface area contributed by atoms with Crippen molar-refractivity contribution in [3.05, 3.63) is 59.7 Å². The lowest BCUT2D eigenvalue weighted by Crippen LogP contribution is -2.47. The Morgan fingerprint density at radius 1 is 1.04 bits per heavy atom. The van der Waals surface area contributed by atoms with Crippen LogP contribution in [0.25, 0.3) is 11.1 Å². The molecule has 0 radical (unpaired) electrons. The second-order valence-electron chi connectivity index (χ2n) is 7.40. The van der Waals surface area contributed by atoms with Crippen molar-refractivity contribution in [2.45, 2.75) is 38.3 Å². The van der Waals surface area contributed by atoms with Gasteiger partial charge in [-0.2, -0.15) is 0 Å². The molecule has 28 heavy (non-hydrogen) atoms. The fraction of sp³-hybridized carbons (Fsp3) is 0.364. The number of carboxylic acid groups (broad SMARTS) is 1. The van der Waals surface area contributed by atoms with E-state index in [1.54, 1.807) is 13.8 Å². The lowest BCUT2D eigenvalue weighted by Gasteiger charge is -2.26. The number of alkyl carbamates (subject to hydrolysis) is 1. The first-order valence-electron chi connectivity index (χ1n) is 9.39. The molecule has 6 heteroatoms. The van der Waals surface area contributed by atoms with Crippen molar-refractivity contribution in [2.24, 2.45) is 5.92 Å². The van der Waals surface area contributed by atoms with Crippen LogP contribution < -0.4 is 5.32 Å². The molecule has 2 aromatic rings. The first-order valence-corrected chi connectivity index (χ1v) is 9.39. The zero-order valence-electron chi connectivity index (χ0n) is 16.0. The first kappa shape index (κ1) is 19.9. The molecule has 148 valence electrons. The predicted octanol–water partition coefficient (Wildman–Crippen LogP) is 3.39. The molecular weight excluding hydrogens is 358 g/mol. The summed E-state index contributed by atoms with van der Waals surface area (Å²) >= 11 is 0. The monoisotopic (exact) mass is 383 g/mol. The minimum absolute atomic E-state index is 0.0559. The molecular formula is C22H25NO5. The van der Waals surface area contributed by atoms with Crippen LogP contribution in [0.2, 0.25) is 0 Å². The Labute approximate surface area is 164 Å². The second kappa shape index (κ2) is 8.44. The molecule has 0 spiro atoms. The Balaban J connectivity index is 1.68. The molecule has 6 nitrogen and oxygen atoms in total. The highest BCUT2D eigenvalue weighted by molar-refractivity contribution is 5.79. The zero-order valence-corrected chi connectivity index (χ0v) is 16.0. The van der Waals surface area contributed by atoms with Crippen LogP contribution in [0.5, 0.6) is 0 Å². The Morgan fingerprint density at radius 2 is 1.57 bits per heavy atom. The van der Waals surface area contributed by atoms with Crippen LogP contribution in [0.3, 0.4) is 0 Å². The normalized spacial score (nSPS) is 14.9. The number of hydrogen-bond donors (Lipinski definition) is 3. The van der Waals surface area contributed by atoms with E-state index in [2.05, 4.69) is 17.4 Å². The van der Waals surface area contributed by atoms with Crippen molar-refractivity contribution in [3.63, 3.8) is 0 Å². The van der Waals surface area contributed by atoms with Crippen LogP contribution in [0, 0.1) is 5.92 Å². The minimum atomic E-state index is -1.18. The summed E-state index contributed by atoms with van der Waals surface area (Å²) in [6, 6.07) is 15.4. The van der Waals surface area contributed by atoms with E-state index < -0.39 is 30.6 Å². The molecule has 0 saturated carbocycles. The summed E-state index contributed by atoms with van der Waals surface area (Å²) in [6.45, 7) is 3.78. The van der Waals surface area contributed by atoms with E-state index in [4.69, 9.17) is 9.84 Å². The number of nitrogens with one attached hydrogen (secondary N) is 1. The molecule has 2 atom stereocenters. The first-order chi connectivity index (χ1) is 13.4. The van der Waals surface area contributed by atoms with Crippen molar-refractivity contribution in [3.8, 4) is 11.1 Å². The number of carboxylic acids is 1. The standard InChI is InChI=1S/C22H25NO5/c1-13(2)21(19(24)11-20(25)26)23-22(27)28-12-18-16-9-5-3-7-14(16)15-8-4-6-10-17(15)18/h3-10,13,18-19,21,24H,11-12H2,1-2H3,(H,23,27)(H,25,26)/t19-,21+/m0/s1.